The number of fused-ring (bicyclic) bond motifs is 1. The predicted molar refractivity (Wildman–Crippen MR) is 96.2 cm³/mol. The van der Waals surface area contributed by atoms with E-state index in [0.29, 0.717) is 0 Å². The van der Waals surface area contributed by atoms with Crippen LogP contribution in [0.1, 0.15) is 30.8 Å². The maximum Gasteiger partial charge on any atom is 0.405 e. The second kappa shape index (κ2) is 7.44. The third-order valence-corrected chi connectivity index (χ3v) is 4.20. The zero-order valence-electron chi connectivity index (χ0n) is 14.6. The van der Waals surface area contributed by atoms with Gasteiger partial charge < -0.3 is 10.4 Å². The molecule has 0 bridgehead atoms. The summed E-state index contributed by atoms with van der Waals surface area (Å²) in [6, 6.07) is 8.52. The molecule has 0 aliphatic rings. The van der Waals surface area contributed by atoms with Gasteiger partial charge in [-0.1, -0.05) is 13.0 Å². The fourth-order valence-electron chi connectivity index (χ4n) is 2.93. The average Bonchev–Trinajstić information content (AvgIpc) is 2.68. The molecular formula is C19H14F2N4O3. The normalized spacial score (nSPS) is 11.8. The Bertz CT molecular complexity index is 1180. The van der Waals surface area contributed by atoms with Gasteiger partial charge in [-0.05, 0) is 36.8 Å². The maximum absolute atomic E-state index is 14.3. The van der Waals surface area contributed by atoms with E-state index in [-0.39, 0.29) is 23.5 Å². The molecule has 1 aromatic heterocycles. The summed E-state index contributed by atoms with van der Waals surface area (Å²) in [7, 11) is 0. The number of carboxylic acid groups (broad SMARTS) is 1. The highest BCUT2D eigenvalue weighted by Crippen LogP contribution is 2.23. The highest BCUT2D eigenvalue weighted by Gasteiger charge is 2.24. The van der Waals surface area contributed by atoms with Gasteiger partial charge in [0.15, 0.2) is 0 Å². The van der Waals surface area contributed by atoms with Crippen molar-refractivity contribution in [2.24, 2.45) is 0 Å². The van der Waals surface area contributed by atoms with Crippen LogP contribution in [0.2, 0.25) is 0 Å². The first-order valence-corrected chi connectivity index (χ1v) is 8.28. The fourth-order valence-corrected chi connectivity index (χ4v) is 2.93. The van der Waals surface area contributed by atoms with E-state index in [2.05, 4.69) is 10.3 Å². The van der Waals surface area contributed by atoms with Gasteiger partial charge >= 0.3 is 6.09 Å². The first-order chi connectivity index (χ1) is 13.4. The van der Waals surface area contributed by atoms with Crippen molar-refractivity contribution in [1.29, 1.82) is 5.26 Å². The molecule has 2 N–H and O–H groups in total. The Morgan fingerprint density at radius 1 is 1.32 bits per heavy atom. The fraction of sp³-hybridized carbons (Fsp3) is 0.158. The smallest absolute Gasteiger partial charge is 0.405 e. The molecule has 2 aromatic carbocycles. The molecule has 0 saturated heterocycles. The number of nitrogens with zero attached hydrogens (tertiary/aromatic N) is 3. The summed E-state index contributed by atoms with van der Waals surface area (Å²) in [5.74, 6) is -1.97. The molecule has 3 rings (SSSR count). The third-order valence-electron chi connectivity index (χ3n) is 4.20. The van der Waals surface area contributed by atoms with Crippen molar-refractivity contribution >= 4 is 17.0 Å². The predicted octanol–water partition coefficient (Wildman–Crippen LogP) is 3.25. The Labute approximate surface area is 157 Å². The molecule has 0 saturated carbocycles. The molecule has 142 valence electrons. The maximum atomic E-state index is 14.3. The van der Waals surface area contributed by atoms with Gasteiger partial charge in [0.1, 0.15) is 28.4 Å². The van der Waals surface area contributed by atoms with Gasteiger partial charge in [-0.2, -0.15) is 5.26 Å². The summed E-state index contributed by atoms with van der Waals surface area (Å²) >= 11 is 0. The highest BCUT2D eigenvalue weighted by atomic mass is 19.1. The number of rotatable bonds is 4. The van der Waals surface area contributed by atoms with Crippen molar-refractivity contribution in [2.75, 3.05) is 0 Å². The summed E-state index contributed by atoms with van der Waals surface area (Å²) < 4.78 is 29.6. The molecule has 0 fully saturated rings. The molecule has 1 unspecified atom stereocenters. The number of benzene rings is 2. The monoisotopic (exact) mass is 384 g/mol. The molecule has 1 heterocycles. The van der Waals surface area contributed by atoms with Gasteiger partial charge in [-0.25, -0.2) is 18.6 Å². The number of nitriles is 1. The van der Waals surface area contributed by atoms with E-state index in [1.165, 1.54) is 24.3 Å². The minimum atomic E-state index is -1.36. The van der Waals surface area contributed by atoms with Crippen molar-refractivity contribution in [2.45, 2.75) is 19.4 Å². The van der Waals surface area contributed by atoms with Crippen LogP contribution in [-0.2, 0) is 0 Å². The summed E-state index contributed by atoms with van der Waals surface area (Å²) in [5.41, 5.74) is -0.979. The molecular weight excluding hydrogens is 370 g/mol. The van der Waals surface area contributed by atoms with Crippen molar-refractivity contribution in [3.05, 3.63) is 69.8 Å². The lowest BCUT2D eigenvalue weighted by Crippen LogP contribution is -2.34. The Morgan fingerprint density at radius 2 is 2.04 bits per heavy atom. The topological polar surface area (TPSA) is 108 Å². The Morgan fingerprint density at radius 3 is 2.68 bits per heavy atom. The molecule has 9 heteroatoms. The Balaban J connectivity index is 2.45. The minimum Gasteiger partial charge on any atom is -0.465 e. The molecule has 0 aliphatic heterocycles. The van der Waals surface area contributed by atoms with Gasteiger partial charge in [0.2, 0.25) is 0 Å². The van der Waals surface area contributed by atoms with Crippen molar-refractivity contribution in [3.63, 3.8) is 0 Å². The third kappa shape index (κ3) is 3.27. The van der Waals surface area contributed by atoms with Crippen molar-refractivity contribution in [1.82, 2.24) is 14.9 Å². The SMILES string of the molecule is CCC(NC(=O)O)c1nc2c(F)ccc(F)c2c(=O)n1-c1cccc(C#N)c1. The number of amides is 1. The van der Waals surface area contributed by atoms with Crippen LogP contribution in [0.4, 0.5) is 13.6 Å². The van der Waals surface area contributed by atoms with Crippen LogP contribution < -0.4 is 10.9 Å². The van der Waals surface area contributed by atoms with Gasteiger partial charge in [-0.3, -0.25) is 9.36 Å². The van der Waals surface area contributed by atoms with Crippen LogP contribution >= 0.6 is 0 Å². The van der Waals surface area contributed by atoms with E-state index in [0.717, 1.165) is 16.7 Å². The first-order valence-electron chi connectivity index (χ1n) is 8.28. The van der Waals surface area contributed by atoms with Crippen LogP contribution in [0, 0.1) is 23.0 Å². The van der Waals surface area contributed by atoms with Crippen LogP contribution in [0.5, 0.6) is 0 Å². The van der Waals surface area contributed by atoms with Crippen molar-refractivity contribution in [3.8, 4) is 11.8 Å². The lowest BCUT2D eigenvalue weighted by atomic mass is 10.1. The standard InChI is InChI=1S/C19H14F2N4O3/c1-2-14(23-19(27)28)17-24-16-13(21)7-6-12(20)15(16)18(26)25(17)11-5-3-4-10(8-11)9-22/h3-8,14,23H,2H2,1H3,(H,27,28). The number of nitrogens with one attached hydrogen (secondary N) is 1. The van der Waals surface area contributed by atoms with Gasteiger partial charge in [0, 0.05) is 0 Å². The number of carbonyl (C=O) groups is 1. The van der Waals surface area contributed by atoms with E-state index >= 15 is 0 Å². The molecule has 0 spiro atoms. The second-order valence-electron chi connectivity index (χ2n) is 5.94. The summed E-state index contributed by atoms with van der Waals surface area (Å²) in [6.07, 6.45) is -1.17. The largest absolute Gasteiger partial charge is 0.465 e. The van der Waals surface area contributed by atoms with E-state index in [9.17, 15) is 18.4 Å². The molecule has 0 radical (unpaired) electrons. The molecule has 28 heavy (non-hydrogen) atoms. The molecule has 0 aliphatic carbocycles. The summed E-state index contributed by atoms with van der Waals surface area (Å²) in [6.45, 7) is 1.65. The van der Waals surface area contributed by atoms with Crippen LogP contribution in [0.15, 0.2) is 41.2 Å². The highest BCUT2D eigenvalue weighted by molar-refractivity contribution is 5.79. The quantitative estimate of drug-likeness (QED) is 0.718. The second-order valence-corrected chi connectivity index (χ2v) is 5.94. The molecule has 1 atom stereocenters. The summed E-state index contributed by atoms with van der Waals surface area (Å²) in [5, 5.41) is 19.9. The zero-order valence-corrected chi connectivity index (χ0v) is 14.6. The summed E-state index contributed by atoms with van der Waals surface area (Å²) in [4.78, 5) is 28.3. The Kier molecular flexibility index (Phi) is 5.04. The lowest BCUT2D eigenvalue weighted by Gasteiger charge is -2.20. The average molecular weight is 384 g/mol. The van der Waals surface area contributed by atoms with E-state index in [1.54, 1.807) is 6.92 Å². The Hall–Kier alpha value is -3.80. The number of aromatic nitrogens is 2. The molecule has 1 amide bonds. The first kappa shape index (κ1) is 19.0. The van der Waals surface area contributed by atoms with E-state index in [1.807, 2.05) is 6.07 Å². The number of hydrogen-bond donors (Lipinski definition) is 2. The van der Waals surface area contributed by atoms with Gasteiger partial charge in [0.25, 0.3) is 5.56 Å². The minimum absolute atomic E-state index is 0.109. The molecule has 3 aromatic rings. The van der Waals surface area contributed by atoms with Crippen molar-refractivity contribution < 1.29 is 18.7 Å². The number of halogens is 2. The lowest BCUT2D eigenvalue weighted by molar-refractivity contribution is 0.188. The van der Waals surface area contributed by atoms with Crippen LogP contribution in [0.3, 0.4) is 0 Å². The van der Waals surface area contributed by atoms with Crippen LogP contribution in [0.25, 0.3) is 16.6 Å². The van der Waals surface area contributed by atoms with E-state index < -0.39 is 40.2 Å². The molecule has 7 nitrogen and oxygen atoms in total. The van der Waals surface area contributed by atoms with Gasteiger partial charge in [0.05, 0.1) is 23.4 Å². The van der Waals surface area contributed by atoms with E-state index in [4.69, 9.17) is 10.4 Å². The zero-order chi connectivity index (χ0) is 20.4. The van der Waals surface area contributed by atoms with Gasteiger partial charge in [-0.15, -0.1) is 0 Å². The van der Waals surface area contributed by atoms with Crippen LogP contribution in [-0.4, -0.2) is 20.8 Å². The number of hydrogen-bond acceptors (Lipinski definition) is 4.